The van der Waals surface area contributed by atoms with Gasteiger partial charge in [-0.25, -0.2) is 14.4 Å². The van der Waals surface area contributed by atoms with Crippen molar-refractivity contribution < 1.29 is 28.6 Å². The van der Waals surface area contributed by atoms with Crippen LogP contribution in [0.2, 0.25) is 0 Å². The Morgan fingerprint density at radius 2 is 1.11 bits per heavy atom. The third-order valence-corrected chi connectivity index (χ3v) is 7.49. The topological polar surface area (TPSA) is 78.9 Å². The number of rotatable bonds is 12. The van der Waals surface area contributed by atoms with Crippen LogP contribution in [-0.2, 0) is 19.0 Å². The number of ether oxygens (including phenoxy) is 3. The van der Waals surface area contributed by atoms with Crippen LogP contribution in [0.25, 0.3) is 0 Å². The van der Waals surface area contributed by atoms with Crippen molar-refractivity contribution in [2.75, 3.05) is 0 Å². The molecular formula is C38H46O6. The van der Waals surface area contributed by atoms with Gasteiger partial charge in [-0.15, -0.1) is 5.73 Å². The molecule has 2 aromatic carbocycles. The van der Waals surface area contributed by atoms with E-state index in [9.17, 15) is 14.4 Å². The summed E-state index contributed by atoms with van der Waals surface area (Å²) in [6.45, 7) is 17.4. The van der Waals surface area contributed by atoms with Crippen LogP contribution in [0.4, 0.5) is 0 Å². The smallest absolute Gasteiger partial charge is 0.338 e. The van der Waals surface area contributed by atoms with Crippen LogP contribution in [0, 0.1) is 10.8 Å². The molecule has 1 atom stereocenters. The zero-order chi connectivity index (χ0) is 32.8. The summed E-state index contributed by atoms with van der Waals surface area (Å²) < 4.78 is 18.4. The van der Waals surface area contributed by atoms with Crippen LogP contribution in [0.5, 0.6) is 0 Å². The van der Waals surface area contributed by atoms with E-state index < -0.39 is 46.0 Å². The van der Waals surface area contributed by atoms with Crippen LogP contribution in [-0.4, -0.2) is 35.2 Å². The third-order valence-electron chi connectivity index (χ3n) is 7.49. The lowest BCUT2D eigenvalue weighted by atomic mass is 9.64. The molecule has 0 radical (unpaired) electrons. The zero-order valence-electron chi connectivity index (χ0n) is 27.5. The quantitative estimate of drug-likeness (QED) is 0.138. The molecular weight excluding hydrogens is 552 g/mol. The molecule has 0 saturated carbocycles. The summed E-state index contributed by atoms with van der Waals surface area (Å²) in [7, 11) is 0. The summed E-state index contributed by atoms with van der Waals surface area (Å²) in [5.74, 6) is -1.31. The summed E-state index contributed by atoms with van der Waals surface area (Å²) >= 11 is 0. The van der Waals surface area contributed by atoms with Crippen molar-refractivity contribution in [1.82, 2.24) is 0 Å². The number of carbonyl (C=O) groups excluding carboxylic acids is 3. The number of hydrogen-bond donors (Lipinski definition) is 0. The maximum atomic E-state index is 13.5. The van der Waals surface area contributed by atoms with Gasteiger partial charge in [-0.3, -0.25) is 0 Å². The summed E-state index contributed by atoms with van der Waals surface area (Å²) in [5.41, 5.74) is 2.17. The largest absolute Gasteiger partial charge is 0.458 e. The molecule has 2 aromatic rings. The van der Waals surface area contributed by atoms with E-state index in [4.69, 9.17) is 14.2 Å². The average molecular weight is 599 g/mol. The SMILES string of the molecule is CC1=C=CC=C(C(=O)OC(C)(C)CC(C)(C)C(OC(=O)c2ccccc2)C(C)(C)CC(C)(C)OC(=O)c2ccccc2)C=C1. The standard InChI is InChI=1S/C38H46O6/c1-27-17-16-22-30(24-23-27)33(41)44-38(8,9)26-36(4,5)34(42-31(39)28-18-12-10-13-19-28)35(2,3)25-37(6,7)43-32(40)29-20-14-11-15-21-29/h10-16,18-24,34H,25-26H2,1-9H3. The van der Waals surface area contributed by atoms with Crippen LogP contribution in [0.1, 0.15) is 95.9 Å². The Balaban J connectivity index is 1.87. The van der Waals surface area contributed by atoms with Gasteiger partial charge < -0.3 is 14.2 Å². The first-order chi connectivity index (χ1) is 20.4. The molecule has 0 fully saturated rings. The molecule has 1 unspecified atom stereocenters. The average Bonchev–Trinajstić information content (AvgIpc) is 3.15. The summed E-state index contributed by atoms with van der Waals surface area (Å²) in [4.78, 5) is 39.6. The minimum absolute atomic E-state index is 0.385. The Hall–Kier alpha value is -4.15. The fourth-order valence-electron chi connectivity index (χ4n) is 6.49. The summed E-state index contributed by atoms with van der Waals surface area (Å²) in [6.07, 6.45) is 7.06. The van der Waals surface area contributed by atoms with E-state index in [0.29, 0.717) is 29.5 Å². The predicted octanol–water partition coefficient (Wildman–Crippen LogP) is 8.60. The fraction of sp³-hybridized carbons (Fsp3) is 0.421. The molecule has 0 spiro atoms. The Morgan fingerprint density at radius 1 is 0.659 bits per heavy atom. The number of allylic oxidation sites excluding steroid dienone is 3. The number of hydrogen-bond acceptors (Lipinski definition) is 6. The summed E-state index contributed by atoms with van der Waals surface area (Å²) in [5, 5.41) is 0. The normalized spacial score (nSPS) is 14.6. The number of esters is 3. The second-order valence-electron chi connectivity index (χ2n) is 14.1. The highest BCUT2D eigenvalue weighted by atomic mass is 16.6. The number of carbonyl (C=O) groups is 3. The van der Waals surface area contributed by atoms with Gasteiger partial charge in [-0.1, -0.05) is 70.2 Å². The van der Waals surface area contributed by atoms with Gasteiger partial charge >= 0.3 is 17.9 Å². The molecule has 0 saturated heterocycles. The van der Waals surface area contributed by atoms with Gasteiger partial charge in [0.1, 0.15) is 17.3 Å². The minimum atomic E-state index is -0.906. The molecule has 0 heterocycles. The molecule has 0 aliphatic heterocycles. The van der Waals surface area contributed by atoms with Crippen molar-refractivity contribution in [2.45, 2.75) is 92.5 Å². The van der Waals surface area contributed by atoms with Crippen LogP contribution in [0.3, 0.4) is 0 Å². The number of benzene rings is 2. The van der Waals surface area contributed by atoms with E-state index in [1.807, 2.05) is 80.5 Å². The van der Waals surface area contributed by atoms with Crippen molar-refractivity contribution in [3.05, 3.63) is 113 Å². The van der Waals surface area contributed by atoms with Crippen LogP contribution >= 0.6 is 0 Å². The monoisotopic (exact) mass is 598 g/mol. The second-order valence-corrected chi connectivity index (χ2v) is 14.1. The van der Waals surface area contributed by atoms with E-state index in [1.165, 1.54) is 0 Å². The van der Waals surface area contributed by atoms with Gasteiger partial charge in [0.25, 0.3) is 0 Å². The molecule has 44 heavy (non-hydrogen) atoms. The van der Waals surface area contributed by atoms with E-state index in [-0.39, 0.29) is 0 Å². The van der Waals surface area contributed by atoms with Gasteiger partial charge in [0.2, 0.25) is 0 Å². The molecule has 1 aliphatic rings. The van der Waals surface area contributed by atoms with Crippen LogP contribution in [0.15, 0.2) is 102 Å². The second kappa shape index (κ2) is 13.7. The first kappa shape index (κ1) is 34.3. The van der Waals surface area contributed by atoms with Gasteiger partial charge in [-0.2, -0.15) is 0 Å². The maximum Gasteiger partial charge on any atom is 0.338 e. The van der Waals surface area contributed by atoms with Gasteiger partial charge in [-0.05, 0) is 95.5 Å². The lowest BCUT2D eigenvalue weighted by molar-refractivity contribution is -0.159. The van der Waals surface area contributed by atoms with Crippen molar-refractivity contribution in [3.8, 4) is 0 Å². The maximum absolute atomic E-state index is 13.5. The van der Waals surface area contributed by atoms with E-state index >= 15 is 0 Å². The van der Waals surface area contributed by atoms with Gasteiger partial charge in [0.05, 0.1) is 16.7 Å². The highest BCUT2D eigenvalue weighted by Gasteiger charge is 2.49. The predicted molar refractivity (Wildman–Crippen MR) is 173 cm³/mol. The minimum Gasteiger partial charge on any atom is -0.458 e. The highest BCUT2D eigenvalue weighted by molar-refractivity contribution is 5.92. The van der Waals surface area contributed by atoms with Crippen molar-refractivity contribution in [1.29, 1.82) is 0 Å². The lowest BCUT2D eigenvalue weighted by Gasteiger charge is -2.48. The Kier molecular flexibility index (Phi) is 10.7. The van der Waals surface area contributed by atoms with E-state index in [2.05, 4.69) is 5.73 Å². The van der Waals surface area contributed by atoms with Crippen molar-refractivity contribution in [3.63, 3.8) is 0 Å². The molecule has 0 bridgehead atoms. The molecule has 234 valence electrons. The summed E-state index contributed by atoms with van der Waals surface area (Å²) in [6, 6.07) is 17.7. The first-order valence-corrected chi connectivity index (χ1v) is 15.0. The molecule has 0 N–H and O–H groups in total. The molecule has 6 heteroatoms. The fourth-order valence-corrected chi connectivity index (χ4v) is 6.49. The molecule has 0 amide bonds. The van der Waals surface area contributed by atoms with Crippen molar-refractivity contribution in [2.24, 2.45) is 10.8 Å². The Labute approximate surface area is 262 Å². The first-order valence-electron chi connectivity index (χ1n) is 15.0. The third kappa shape index (κ3) is 9.68. The molecule has 6 nitrogen and oxygen atoms in total. The zero-order valence-corrected chi connectivity index (χ0v) is 27.5. The Bertz CT molecular complexity index is 1470. The molecule has 1 aliphatic carbocycles. The van der Waals surface area contributed by atoms with E-state index in [1.54, 1.807) is 66.8 Å². The van der Waals surface area contributed by atoms with E-state index in [0.717, 1.165) is 5.57 Å². The van der Waals surface area contributed by atoms with Gasteiger partial charge in [0, 0.05) is 10.8 Å². The van der Waals surface area contributed by atoms with Gasteiger partial charge in [0.15, 0.2) is 0 Å². The molecule has 3 rings (SSSR count). The Morgan fingerprint density at radius 3 is 1.61 bits per heavy atom. The van der Waals surface area contributed by atoms with Crippen molar-refractivity contribution >= 4 is 17.9 Å². The lowest BCUT2D eigenvalue weighted by Crippen LogP contribution is -2.51. The van der Waals surface area contributed by atoms with Crippen LogP contribution < -0.4 is 0 Å². The molecule has 0 aromatic heterocycles. The highest BCUT2D eigenvalue weighted by Crippen LogP contribution is 2.47.